The third kappa shape index (κ3) is 3.65. The van der Waals surface area contributed by atoms with Gasteiger partial charge in [0, 0.05) is 47.8 Å². The lowest BCUT2D eigenvalue weighted by atomic mass is 10.0. The van der Waals surface area contributed by atoms with E-state index in [0.717, 1.165) is 36.2 Å². The molecule has 0 atom stereocenters. The highest BCUT2D eigenvalue weighted by molar-refractivity contribution is 9.10. The first-order valence-corrected chi connectivity index (χ1v) is 8.09. The zero-order valence-corrected chi connectivity index (χ0v) is 14.3. The second kappa shape index (κ2) is 6.02. The Labute approximate surface area is 129 Å². The first-order valence-electron chi connectivity index (χ1n) is 6.76. The van der Waals surface area contributed by atoms with Crippen molar-refractivity contribution in [3.63, 3.8) is 0 Å². The van der Waals surface area contributed by atoms with E-state index in [2.05, 4.69) is 64.7 Å². The first-order chi connectivity index (χ1) is 8.91. The summed E-state index contributed by atoms with van der Waals surface area (Å²) < 4.78 is 1.11. The second-order valence-electron chi connectivity index (χ2n) is 6.05. The van der Waals surface area contributed by atoms with Crippen LogP contribution in [-0.4, -0.2) is 36.6 Å². The highest BCUT2D eigenvalue weighted by Crippen LogP contribution is 2.27. The largest absolute Gasteiger partial charge is 0.369 e. The zero-order valence-electron chi connectivity index (χ0n) is 11.9. The van der Waals surface area contributed by atoms with Crippen molar-refractivity contribution in [2.24, 2.45) is 0 Å². The Balaban J connectivity index is 2.04. The maximum absolute atomic E-state index is 5.89. The van der Waals surface area contributed by atoms with Crippen LogP contribution in [0.15, 0.2) is 22.7 Å². The summed E-state index contributed by atoms with van der Waals surface area (Å²) in [5, 5.41) is 0. The summed E-state index contributed by atoms with van der Waals surface area (Å²) in [5.41, 5.74) is 2.71. The fourth-order valence-electron chi connectivity index (χ4n) is 2.48. The topological polar surface area (TPSA) is 6.48 Å². The molecule has 1 aromatic rings. The molecule has 0 amide bonds. The van der Waals surface area contributed by atoms with Crippen molar-refractivity contribution < 1.29 is 0 Å². The maximum Gasteiger partial charge on any atom is 0.0485 e. The summed E-state index contributed by atoms with van der Waals surface area (Å²) in [6, 6.07) is 6.47. The molecule has 1 aliphatic heterocycles. The quantitative estimate of drug-likeness (QED) is 0.744. The van der Waals surface area contributed by atoms with Crippen molar-refractivity contribution in [1.29, 1.82) is 0 Å². The van der Waals surface area contributed by atoms with E-state index in [9.17, 15) is 0 Å². The van der Waals surface area contributed by atoms with Gasteiger partial charge in [-0.1, -0.05) is 22.0 Å². The summed E-state index contributed by atoms with van der Waals surface area (Å²) in [5.74, 6) is 0.554. The number of hydrogen-bond donors (Lipinski definition) is 0. The number of halogens is 2. The van der Waals surface area contributed by atoms with Crippen LogP contribution in [0.3, 0.4) is 0 Å². The summed E-state index contributed by atoms with van der Waals surface area (Å²) >= 11 is 9.49. The Kier molecular flexibility index (Phi) is 4.80. The van der Waals surface area contributed by atoms with E-state index in [1.165, 1.54) is 5.69 Å². The van der Waals surface area contributed by atoms with Gasteiger partial charge >= 0.3 is 0 Å². The molecule has 1 heterocycles. The molecule has 106 valence electrons. The van der Waals surface area contributed by atoms with E-state index in [1.54, 1.807) is 0 Å². The highest BCUT2D eigenvalue weighted by atomic mass is 79.9. The SMILES string of the molecule is CC(C)(C)N1CCN(c2ccc(CCl)c(Br)c2)CC1. The lowest BCUT2D eigenvalue weighted by Gasteiger charge is -2.43. The van der Waals surface area contributed by atoms with Crippen LogP contribution in [-0.2, 0) is 5.88 Å². The van der Waals surface area contributed by atoms with Gasteiger partial charge in [0.25, 0.3) is 0 Å². The maximum atomic E-state index is 5.89. The van der Waals surface area contributed by atoms with Crippen molar-refractivity contribution in [3.8, 4) is 0 Å². The minimum Gasteiger partial charge on any atom is -0.369 e. The Bertz CT molecular complexity index is 434. The van der Waals surface area contributed by atoms with Gasteiger partial charge in [-0.2, -0.15) is 0 Å². The minimum absolute atomic E-state index is 0.273. The molecule has 1 fully saturated rings. The van der Waals surface area contributed by atoms with Crippen LogP contribution < -0.4 is 4.90 Å². The van der Waals surface area contributed by atoms with E-state index in [1.807, 2.05) is 0 Å². The number of benzene rings is 1. The second-order valence-corrected chi connectivity index (χ2v) is 7.18. The number of alkyl halides is 1. The lowest BCUT2D eigenvalue weighted by molar-refractivity contribution is 0.128. The summed E-state index contributed by atoms with van der Waals surface area (Å²) in [6.45, 7) is 11.3. The average molecular weight is 346 g/mol. The molecule has 1 saturated heterocycles. The van der Waals surface area contributed by atoms with Crippen molar-refractivity contribution in [3.05, 3.63) is 28.2 Å². The molecule has 0 aliphatic carbocycles. The fraction of sp³-hybridized carbons (Fsp3) is 0.600. The number of piperazine rings is 1. The van der Waals surface area contributed by atoms with Crippen LogP contribution in [0.1, 0.15) is 26.3 Å². The van der Waals surface area contributed by atoms with Gasteiger partial charge in [-0.05, 0) is 38.5 Å². The molecular formula is C15H22BrClN2. The van der Waals surface area contributed by atoms with Crippen LogP contribution >= 0.6 is 27.5 Å². The van der Waals surface area contributed by atoms with Gasteiger partial charge in [-0.15, -0.1) is 11.6 Å². The number of rotatable bonds is 2. The smallest absolute Gasteiger partial charge is 0.0485 e. The molecule has 19 heavy (non-hydrogen) atoms. The van der Waals surface area contributed by atoms with Crippen molar-refractivity contribution in [1.82, 2.24) is 4.90 Å². The van der Waals surface area contributed by atoms with Crippen molar-refractivity contribution in [2.75, 3.05) is 31.1 Å². The molecule has 0 unspecified atom stereocenters. The van der Waals surface area contributed by atoms with Gasteiger partial charge in [-0.3, -0.25) is 4.90 Å². The fourth-order valence-corrected chi connectivity index (χ4v) is 3.38. The van der Waals surface area contributed by atoms with E-state index >= 15 is 0 Å². The summed E-state index contributed by atoms with van der Waals surface area (Å²) in [4.78, 5) is 5.00. The van der Waals surface area contributed by atoms with E-state index in [-0.39, 0.29) is 5.54 Å². The normalized spacial score (nSPS) is 17.8. The van der Waals surface area contributed by atoms with E-state index < -0.39 is 0 Å². The van der Waals surface area contributed by atoms with Crippen LogP contribution in [0.5, 0.6) is 0 Å². The average Bonchev–Trinajstić information content (AvgIpc) is 2.38. The monoisotopic (exact) mass is 344 g/mol. The molecule has 2 rings (SSSR count). The molecule has 2 nitrogen and oxygen atoms in total. The predicted octanol–water partition coefficient (Wildman–Crippen LogP) is 4.11. The molecule has 0 N–H and O–H groups in total. The summed E-state index contributed by atoms with van der Waals surface area (Å²) in [6.07, 6.45) is 0. The third-order valence-corrected chi connectivity index (χ3v) is 4.80. The molecular weight excluding hydrogens is 324 g/mol. The van der Waals surface area contributed by atoms with Crippen LogP contribution in [0.2, 0.25) is 0 Å². The van der Waals surface area contributed by atoms with Gasteiger partial charge < -0.3 is 4.90 Å². The van der Waals surface area contributed by atoms with Gasteiger partial charge in [0.2, 0.25) is 0 Å². The standard InChI is InChI=1S/C15H22BrClN2/c1-15(2,3)19-8-6-18(7-9-19)13-5-4-12(11-17)14(16)10-13/h4-5,10H,6-9,11H2,1-3H3. The Morgan fingerprint density at radius 2 is 1.79 bits per heavy atom. The molecule has 1 aromatic carbocycles. The molecule has 0 aromatic heterocycles. The molecule has 4 heteroatoms. The van der Waals surface area contributed by atoms with E-state index in [4.69, 9.17) is 11.6 Å². The third-order valence-electron chi connectivity index (χ3n) is 3.77. The number of nitrogens with zero attached hydrogens (tertiary/aromatic N) is 2. The first kappa shape index (κ1) is 15.1. The molecule has 0 radical (unpaired) electrons. The van der Waals surface area contributed by atoms with Crippen LogP contribution in [0.4, 0.5) is 5.69 Å². The van der Waals surface area contributed by atoms with E-state index in [0.29, 0.717) is 5.88 Å². The predicted molar refractivity (Wildman–Crippen MR) is 87.2 cm³/mol. The molecule has 0 bridgehead atoms. The van der Waals surface area contributed by atoms with Gasteiger partial charge in [0.05, 0.1) is 0 Å². The summed E-state index contributed by atoms with van der Waals surface area (Å²) in [7, 11) is 0. The molecule has 0 spiro atoms. The zero-order chi connectivity index (χ0) is 14.0. The Morgan fingerprint density at radius 1 is 1.16 bits per heavy atom. The van der Waals surface area contributed by atoms with Gasteiger partial charge in [0.1, 0.15) is 0 Å². The number of anilines is 1. The Hall–Kier alpha value is -0.250. The lowest BCUT2D eigenvalue weighted by Crippen LogP contribution is -2.53. The molecule has 0 saturated carbocycles. The number of hydrogen-bond acceptors (Lipinski definition) is 2. The van der Waals surface area contributed by atoms with Crippen molar-refractivity contribution in [2.45, 2.75) is 32.2 Å². The van der Waals surface area contributed by atoms with Gasteiger partial charge in [-0.25, -0.2) is 0 Å². The van der Waals surface area contributed by atoms with Crippen LogP contribution in [0.25, 0.3) is 0 Å². The van der Waals surface area contributed by atoms with Gasteiger partial charge in [0.15, 0.2) is 0 Å². The van der Waals surface area contributed by atoms with Crippen LogP contribution in [0, 0.1) is 0 Å². The highest BCUT2D eigenvalue weighted by Gasteiger charge is 2.25. The minimum atomic E-state index is 0.273. The Morgan fingerprint density at radius 3 is 2.26 bits per heavy atom. The molecule has 1 aliphatic rings. The van der Waals surface area contributed by atoms with Crippen molar-refractivity contribution >= 4 is 33.2 Å².